The highest BCUT2D eigenvalue weighted by Gasteiger charge is 2.20. The van der Waals surface area contributed by atoms with E-state index in [9.17, 15) is 9.59 Å². The number of aromatic nitrogens is 2. The lowest BCUT2D eigenvalue weighted by Crippen LogP contribution is -2.29. The van der Waals surface area contributed by atoms with Gasteiger partial charge >= 0.3 is 5.97 Å². The van der Waals surface area contributed by atoms with Crippen LogP contribution in [-0.4, -0.2) is 34.8 Å². The SMILES string of the molecule is CCCNC(=O)COC(=O)c1c(C)nn(Cc2ccc(C)cc2)c1C. The summed E-state index contributed by atoms with van der Waals surface area (Å²) < 4.78 is 6.91. The molecule has 0 atom stereocenters. The average Bonchev–Trinajstić information content (AvgIpc) is 2.86. The van der Waals surface area contributed by atoms with Crippen LogP contribution in [0.3, 0.4) is 0 Å². The predicted molar refractivity (Wildman–Crippen MR) is 95.6 cm³/mol. The van der Waals surface area contributed by atoms with E-state index in [1.807, 2.05) is 45.0 Å². The Balaban J connectivity index is 2.06. The lowest BCUT2D eigenvalue weighted by atomic mass is 10.1. The Labute approximate surface area is 148 Å². The van der Waals surface area contributed by atoms with Crippen LogP contribution in [0.25, 0.3) is 0 Å². The van der Waals surface area contributed by atoms with Crippen molar-refractivity contribution in [2.24, 2.45) is 0 Å². The van der Waals surface area contributed by atoms with Crippen LogP contribution < -0.4 is 5.32 Å². The maximum atomic E-state index is 12.3. The van der Waals surface area contributed by atoms with E-state index in [4.69, 9.17) is 4.74 Å². The van der Waals surface area contributed by atoms with E-state index >= 15 is 0 Å². The smallest absolute Gasteiger partial charge is 0.342 e. The molecule has 0 unspecified atom stereocenters. The summed E-state index contributed by atoms with van der Waals surface area (Å²) in [5.74, 6) is -0.811. The van der Waals surface area contributed by atoms with Crippen LogP contribution in [0, 0.1) is 20.8 Å². The van der Waals surface area contributed by atoms with Crippen molar-refractivity contribution in [3.8, 4) is 0 Å². The molecule has 1 heterocycles. The lowest BCUT2D eigenvalue weighted by molar-refractivity contribution is -0.124. The maximum absolute atomic E-state index is 12.3. The van der Waals surface area contributed by atoms with Gasteiger partial charge in [0.25, 0.3) is 5.91 Å². The summed E-state index contributed by atoms with van der Waals surface area (Å²) in [6.07, 6.45) is 0.837. The van der Waals surface area contributed by atoms with Crippen molar-refractivity contribution in [1.82, 2.24) is 15.1 Å². The molecule has 1 amide bonds. The average molecular weight is 343 g/mol. The number of nitrogens with one attached hydrogen (secondary N) is 1. The fourth-order valence-corrected chi connectivity index (χ4v) is 2.53. The summed E-state index contributed by atoms with van der Waals surface area (Å²) in [5.41, 5.74) is 4.06. The normalized spacial score (nSPS) is 10.6. The first kappa shape index (κ1) is 18.7. The van der Waals surface area contributed by atoms with Gasteiger partial charge in [-0.15, -0.1) is 0 Å². The van der Waals surface area contributed by atoms with Gasteiger partial charge in [0.1, 0.15) is 5.56 Å². The quantitative estimate of drug-likeness (QED) is 0.784. The molecule has 25 heavy (non-hydrogen) atoms. The molecule has 0 aliphatic heterocycles. The molecule has 2 rings (SSSR count). The number of amides is 1. The Hall–Kier alpha value is -2.63. The van der Waals surface area contributed by atoms with Crippen molar-refractivity contribution in [3.05, 3.63) is 52.3 Å². The highest BCUT2D eigenvalue weighted by molar-refractivity contribution is 5.93. The van der Waals surface area contributed by atoms with Crippen molar-refractivity contribution in [3.63, 3.8) is 0 Å². The van der Waals surface area contributed by atoms with E-state index in [1.54, 1.807) is 11.6 Å². The van der Waals surface area contributed by atoms with Gasteiger partial charge in [0.05, 0.1) is 17.9 Å². The number of hydrogen-bond donors (Lipinski definition) is 1. The number of ether oxygens (including phenoxy) is 1. The van der Waals surface area contributed by atoms with Gasteiger partial charge in [-0.25, -0.2) is 4.79 Å². The van der Waals surface area contributed by atoms with Crippen molar-refractivity contribution in [1.29, 1.82) is 0 Å². The van der Waals surface area contributed by atoms with Gasteiger partial charge in [-0.1, -0.05) is 36.8 Å². The fraction of sp³-hybridized carbons (Fsp3) is 0.421. The van der Waals surface area contributed by atoms with Crippen molar-refractivity contribution < 1.29 is 14.3 Å². The summed E-state index contributed by atoms with van der Waals surface area (Å²) in [4.78, 5) is 23.9. The van der Waals surface area contributed by atoms with Crippen LogP contribution in [0.15, 0.2) is 24.3 Å². The molecule has 0 spiro atoms. The van der Waals surface area contributed by atoms with Gasteiger partial charge in [0.2, 0.25) is 0 Å². The van der Waals surface area contributed by atoms with Crippen molar-refractivity contribution in [2.75, 3.05) is 13.2 Å². The third kappa shape index (κ3) is 4.92. The zero-order valence-corrected chi connectivity index (χ0v) is 15.3. The summed E-state index contributed by atoms with van der Waals surface area (Å²) >= 11 is 0. The Morgan fingerprint density at radius 3 is 2.48 bits per heavy atom. The minimum Gasteiger partial charge on any atom is -0.452 e. The standard InChI is InChI=1S/C19H25N3O3/c1-5-10-20-17(23)12-25-19(24)18-14(3)21-22(15(18)4)11-16-8-6-13(2)7-9-16/h6-9H,5,10-12H2,1-4H3,(H,20,23). The van der Waals surface area contributed by atoms with Crippen LogP contribution in [0.2, 0.25) is 0 Å². The summed E-state index contributed by atoms with van der Waals surface area (Å²) in [6, 6.07) is 8.18. The molecule has 0 saturated heterocycles. The van der Waals surface area contributed by atoms with Crippen molar-refractivity contribution >= 4 is 11.9 Å². The minimum absolute atomic E-state index is 0.277. The molecule has 134 valence electrons. The van der Waals surface area contributed by atoms with Crippen LogP contribution >= 0.6 is 0 Å². The van der Waals surface area contributed by atoms with E-state index in [-0.39, 0.29) is 12.5 Å². The first-order valence-electron chi connectivity index (χ1n) is 8.45. The Morgan fingerprint density at radius 1 is 1.16 bits per heavy atom. The van der Waals surface area contributed by atoms with Crippen LogP contribution in [-0.2, 0) is 16.1 Å². The molecule has 0 saturated carbocycles. The van der Waals surface area contributed by atoms with E-state index in [0.717, 1.165) is 17.7 Å². The second-order valence-electron chi connectivity index (χ2n) is 6.12. The Bertz CT molecular complexity index is 748. The van der Waals surface area contributed by atoms with Gasteiger partial charge in [0, 0.05) is 6.54 Å². The van der Waals surface area contributed by atoms with E-state index in [1.165, 1.54) is 5.56 Å². The number of nitrogens with zero attached hydrogens (tertiary/aromatic N) is 2. The molecular formula is C19H25N3O3. The van der Waals surface area contributed by atoms with Gasteiger partial charge in [-0.2, -0.15) is 5.10 Å². The number of esters is 1. The zero-order valence-electron chi connectivity index (χ0n) is 15.3. The van der Waals surface area contributed by atoms with E-state index in [2.05, 4.69) is 10.4 Å². The van der Waals surface area contributed by atoms with E-state index < -0.39 is 5.97 Å². The molecule has 0 aliphatic rings. The highest BCUT2D eigenvalue weighted by Crippen LogP contribution is 2.16. The molecule has 0 aliphatic carbocycles. The minimum atomic E-state index is -0.517. The van der Waals surface area contributed by atoms with Gasteiger partial charge in [-0.3, -0.25) is 9.48 Å². The second-order valence-corrected chi connectivity index (χ2v) is 6.12. The molecule has 1 N–H and O–H groups in total. The summed E-state index contributed by atoms with van der Waals surface area (Å²) in [7, 11) is 0. The molecule has 1 aromatic carbocycles. The topological polar surface area (TPSA) is 73.2 Å². The first-order chi connectivity index (χ1) is 11.9. The predicted octanol–water partition coefficient (Wildman–Crippen LogP) is 2.54. The Morgan fingerprint density at radius 2 is 1.84 bits per heavy atom. The number of hydrogen-bond acceptors (Lipinski definition) is 4. The van der Waals surface area contributed by atoms with Gasteiger partial charge < -0.3 is 10.1 Å². The molecule has 0 radical (unpaired) electrons. The molecule has 0 bridgehead atoms. The number of carbonyl (C=O) groups excluding carboxylic acids is 2. The summed E-state index contributed by atoms with van der Waals surface area (Å²) in [5, 5.41) is 7.11. The van der Waals surface area contributed by atoms with Crippen molar-refractivity contribution in [2.45, 2.75) is 40.7 Å². The van der Waals surface area contributed by atoms with Crippen LogP contribution in [0.4, 0.5) is 0 Å². The van der Waals surface area contributed by atoms with Gasteiger partial charge in [-0.05, 0) is 32.8 Å². The molecule has 1 aromatic heterocycles. The number of carbonyl (C=O) groups is 2. The molecule has 6 heteroatoms. The van der Waals surface area contributed by atoms with Crippen LogP contribution in [0.1, 0.15) is 46.2 Å². The molecule has 2 aromatic rings. The monoisotopic (exact) mass is 343 g/mol. The molecule has 6 nitrogen and oxygen atoms in total. The fourth-order valence-electron chi connectivity index (χ4n) is 2.53. The van der Waals surface area contributed by atoms with Crippen LogP contribution in [0.5, 0.6) is 0 Å². The number of aryl methyl sites for hydroxylation is 2. The maximum Gasteiger partial charge on any atom is 0.342 e. The third-order valence-electron chi connectivity index (χ3n) is 3.95. The molecule has 0 fully saturated rings. The van der Waals surface area contributed by atoms with Gasteiger partial charge in [0.15, 0.2) is 6.61 Å². The number of benzene rings is 1. The highest BCUT2D eigenvalue weighted by atomic mass is 16.5. The molecular weight excluding hydrogens is 318 g/mol. The Kier molecular flexibility index (Phi) is 6.33. The van der Waals surface area contributed by atoms with E-state index in [0.29, 0.717) is 24.3 Å². The lowest BCUT2D eigenvalue weighted by Gasteiger charge is -2.07. The largest absolute Gasteiger partial charge is 0.452 e. The summed E-state index contributed by atoms with van der Waals surface area (Å²) in [6.45, 7) is 8.48. The second kappa shape index (κ2) is 8.46. The third-order valence-corrected chi connectivity index (χ3v) is 3.95. The first-order valence-corrected chi connectivity index (χ1v) is 8.45. The zero-order chi connectivity index (χ0) is 18.4. The number of rotatable bonds is 7.